The van der Waals surface area contributed by atoms with Crippen LogP contribution in [0.2, 0.25) is 10.0 Å². The molecule has 2 atom stereocenters. The van der Waals surface area contributed by atoms with E-state index < -0.39 is 0 Å². The summed E-state index contributed by atoms with van der Waals surface area (Å²) in [5.74, 6) is 0.994. The Bertz CT molecular complexity index is 1010. The second-order valence-corrected chi connectivity index (χ2v) is 8.23. The summed E-state index contributed by atoms with van der Waals surface area (Å²) >= 11 is 12.3. The van der Waals surface area contributed by atoms with Crippen molar-refractivity contribution in [2.45, 2.75) is 25.8 Å². The zero-order valence-electron chi connectivity index (χ0n) is 16.5. The third-order valence-electron chi connectivity index (χ3n) is 5.43. The van der Waals surface area contributed by atoms with Gasteiger partial charge < -0.3 is 10.2 Å². The van der Waals surface area contributed by atoms with Gasteiger partial charge in [-0.2, -0.15) is 10.2 Å². The summed E-state index contributed by atoms with van der Waals surface area (Å²) in [4.78, 5) is 21.2. The van der Waals surface area contributed by atoms with Gasteiger partial charge in [0.05, 0.1) is 34.0 Å². The minimum absolute atomic E-state index is 0.0149. The summed E-state index contributed by atoms with van der Waals surface area (Å²) in [7, 11) is 0. The second kappa shape index (κ2) is 9.02. The molecule has 0 aliphatic carbocycles. The molecular formula is C21H22Cl2N6O. The maximum absolute atomic E-state index is 13.6. The lowest BCUT2D eigenvalue weighted by Gasteiger charge is -2.40. The van der Waals surface area contributed by atoms with Gasteiger partial charge in [0, 0.05) is 19.3 Å². The minimum atomic E-state index is -0.0767. The predicted octanol–water partition coefficient (Wildman–Crippen LogP) is 4.32. The summed E-state index contributed by atoms with van der Waals surface area (Å²) in [5, 5.41) is 12.7. The molecule has 2 unspecified atom stereocenters. The second-order valence-electron chi connectivity index (χ2n) is 7.38. The molecule has 1 aliphatic heterocycles. The van der Waals surface area contributed by atoms with E-state index in [2.05, 4.69) is 27.4 Å². The van der Waals surface area contributed by atoms with Crippen molar-refractivity contribution in [2.24, 2.45) is 5.92 Å². The van der Waals surface area contributed by atoms with Crippen molar-refractivity contribution in [3.63, 3.8) is 0 Å². The molecule has 3 heterocycles. The fraction of sp³-hybridized carbons (Fsp3) is 0.333. The third-order valence-corrected chi connectivity index (χ3v) is 5.96. The lowest BCUT2D eigenvalue weighted by Crippen LogP contribution is -2.51. The van der Waals surface area contributed by atoms with Gasteiger partial charge in [0.15, 0.2) is 0 Å². The van der Waals surface area contributed by atoms with E-state index in [0.717, 1.165) is 18.7 Å². The van der Waals surface area contributed by atoms with Crippen molar-refractivity contribution in [3.05, 3.63) is 64.5 Å². The lowest BCUT2D eigenvalue weighted by molar-refractivity contribution is 0.0539. The topological polar surface area (TPSA) is 75.9 Å². The van der Waals surface area contributed by atoms with E-state index >= 15 is 0 Å². The molecule has 1 aliphatic rings. The Kier molecular flexibility index (Phi) is 6.20. The Labute approximate surface area is 185 Å². The van der Waals surface area contributed by atoms with Gasteiger partial charge in [-0.15, -0.1) is 4.80 Å². The van der Waals surface area contributed by atoms with Gasteiger partial charge in [0.25, 0.3) is 5.91 Å². The first kappa shape index (κ1) is 20.6. The van der Waals surface area contributed by atoms with Crippen LogP contribution in [0.1, 0.15) is 30.1 Å². The Morgan fingerprint density at radius 2 is 2.00 bits per heavy atom. The van der Waals surface area contributed by atoms with Gasteiger partial charge in [0.2, 0.25) is 0 Å². The molecule has 1 amide bonds. The van der Waals surface area contributed by atoms with Gasteiger partial charge in [-0.05, 0) is 43.0 Å². The van der Waals surface area contributed by atoms with Crippen molar-refractivity contribution in [2.75, 3.05) is 18.4 Å². The zero-order chi connectivity index (χ0) is 21.1. The van der Waals surface area contributed by atoms with E-state index in [0.29, 0.717) is 40.3 Å². The number of amides is 1. The molecule has 1 aromatic carbocycles. The average Bonchev–Trinajstić information content (AvgIpc) is 3.27. The van der Waals surface area contributed by atoms with Crippen LogP contribution in [-0.2, 0) is 0 Å². The molecule has 156 valence electrons. The standard InChI is InChI=1S/C21H22Cl2N6O/c1-14-4-3-11-28(18(14)13-25-19-8-7-15(22)12-24-19)21(30)16-5-2-6-17(23)20(16)29-26-9-10-27-29/h2,5-10,12,14,18H,3-4,11,13H2,1H3,(H,24,25). The molecule has 4 rings (SSSR count). The molecule has 0 spiro atoms. The van der Waals surface area contributed by atoms with E-state index in [1.165, 1.54) is 4.80 Å². The lowest BCUT2D eigenvalue weighted by atomic mass is 9.90. The van der Waals surface area contributed by atoms with E-state index in [4.69, 9.17) is 23.2 Å². The summed E-state index contributed by atoms with van der Waals surface area (Å²) < 4.78 is 0. The Morgan fingerprint density at radius 3 is 2.73 bits per heavy atom. The van der Waals surface area contributed by atoms with Crippen LogP contribution in [0.4, 0.5) is 5.82 Å². The van der Waals surface area contributed by atoms with E-state index in [-0.39, 0.29) is 11.9 Å². The highest BCUT2D eigenvalue weighted by atomic mass is 35.5. The highest BCUT2D eigenvalue weighted by molar-refractivity contribution is 6.33. The number of anilines is 1. The number of nitrogens with zero attached hydrogens (tertiary/aromatic N) is 5. The maximum Gasteiger partial charge on any atom is 0.256 e. The highest BCUT2D eigenvalue weighted by Crippen LogP contribution is 2.29. The number of benzene rings is 1. The minimum Gasteiger partial charge on any atom is -0.368 e. The number of nitrogens with one attached hydrogen (secondary N) is 1. The van der Waals surface area contributed by atoms with Crippen LogP contribution in [0.3, 0.4) is 0 Å². The van der Waals surface area contributed by atoms with Crippen LogP contribution in [0.15, 0.2) is 48.9 Å². The Hall–Kier alpha value is -2.64. The first-order chi connectivity index (χ1) is 14.5. The number of likely N-dealkylation sites (tertiary alicyclic amines) is 1. The van der Waals surface area contributed by atoms with Gasteiger partial charge in [-0.3, -0.25) is 4.79 Å². The maximum atomic E-state index is 13.6. The molecule has 0 radical (unpaired) electrons. The molecular weight excluding hydrogens is 423 g/mol. The third kappa shape index (κ3) is 4.27. The SMILES string of the molecule is CC1CCCN(C(=O)c2cccc(Cl)c2-n2nccn2)C1CNc1ccc(Cl)cn1. The van der Waals surface area contributed by atoms with Crippen LogP contribution in [-0.4, -0.2) is 49.9 Å². The molecule has 1 saturated heterocycles. The molecule has 1 N–H and O–H groups in total. The number of hydrogen-bond donors (Lipinski definition) is 1. The average molecular weight is 445 g/mol. The number of hydrogen-bond acceptors (Lipinski definition) is 5. The quantitative estimate of drug-likeness (QED) is 0.633. The number of aromatic nitrogens is 4. The van der Waals surface area contributed by atoms with Crippen LogP contribution in [0, 0.1) is 5.92 Å². The monoisotopic (exact) mass is 444 g/mol. The van der Waals surface area contributed by atoms with Crippen LogP contribution in [0.5, 0.6) is 0 Å². The van der Waals surface area contributed by atoms with Crippen molar-refractivity contribution in [3.8, 4) is 5.69 Å². The zero-order valence-corrected chi connectivity index (χ0v) is 18.0. The van der Waals surface area contributed by atoms with Gasteiger partial charge in [0.1, 0.15) is 11.5 Å². The molecule has 7 nitrogen and oxygen atoms in total. The number of pyridine rings is 1. The number of carbonyl (C=O) groups is 1. The summed E-state index contributed by atoms with van der Waals surface area (Å²) in [6.45, 7) is 3.45. The summed E-state index contributed by atoms with van der Waals surface area (Å²) in [6.07, 6.45) is 6.75. The van der Waals surface area contributed by atoms with Crippen molar-refractivity contribution in [1.82, 2.24) is 24.9 Å². The first-order valence-corrected chi connectivity index (χ1v) is 10.6. The fourth-order valence-corrected chi connectivity index (χ4v) is 4.24. The normalized spacial score (nSPS) is 19.0. The van der Waals surface area contributed by atoms with Crippen molar-refractivity contribution >= 4 is 34.9 Å². The number of rotatable bonds is 5. The number of carbonyl (C=O) groups excluding carboxylic acids is 1. The number of halogens is 2. The van der Waals surface area contributed by atoms with E-state index in [1.807, 2.05) is 11.0 Å². The molecule has 0 saturated carbocycles. The van der Waals surface area contributed by atoms with Crippen molar-refractivity contribution in [1.29, 1.82) is 0 Å². The number of para-hydroxylation sites is 1. The largest absolute Gasteiger partial charge is 0.368 e. The van der Waals surface area contributed by atoms with Crippen LogP contribution >= 0.6 is 23.2 Å². The van der Waals surface area contributed by atoms with Crippen LogP contribution < -0.4 is 5.32 Å². The van der Waals surface area contributed by atoms with E-state index in [1.54, 1.807) is 42.9 Å². The van der Waals surface area contributed by atoms with Gasteiger partial charge in [-0.1, -0.05) is 36.2 Å². The highest BCUT2D eigenvalue weighted by Gasteiger charge is 2.33. The fourth-order valence-electron chi connectivity index (χ4n) is 3.88. The molecule has 1 fully saturated rings. The number of piperidine rings is 1. The first-order valence-electron chi connectivity index (χ1n) is 9.86. The molecule has 9 heteroatoms. The Balaban J connectivity index is 1.60. The summed E-state index contributed by atoms with van der Waals surface area (Å²) in [5.41, 5.74) is 0.987. The van der Waals surface area contributed by atoms with E-state index in [9.17, 15) is 4.79 Å². The Morgan fingerprint density at radius 1 is 1.20 bits per heavy atom. The molecule has 30 heavy (non-hydrogen) atoms. The molecule has 3 aromatic rings. The molecule has 0 bridgehead atoms. The molecule has 2 aromatic heterocycles. The van der Waals surface area contributed by atoms with Crippen LogP contribution in [0.25, 0.3) is 5.69 Å². The summed E-state index contributed by atoms with van der Waals surface area (Å²) in [6, 6.07) is 8.93. The van der Waals surface area contributed by atoms with Gasteiger partial charge in [-0.25, -0.2) is 4.98 Å². The van der Waals surface area contributed by atoms with Gasteiger partial charge >= 0.3 is 0 Å². The predicted molar refractivity (Wildman–Crippen MR) is 117 cm³/mol. The van der Waals surface area contributed by atoms with Crippen molar-refractivity contribution < 1.29 is 4.79 Å². The smallest absolute Gasteiger partial charge is 0.256 e.